The highest BCUT2D eigenvalue weighted by Crippen LogP contribution is 2.29. The number of hydrogen-bond acceptors (Lipinski definition) is 6. The van der Waals surface area contributed by atoms with Crippen molar-refractivity contribution >= 4 is 28.1 Å². The van der Waals surface area contributed by atoms with Crippen LogP contribution in [0.3, 0.4) is 0 Å². The molecule has 0 bridgehead atoms. The fraction of sp³-hybridized carbons (Fsp3) is 0.565. The largest absolute Gasteiger partial charge is 0.497 e. The lowest BCUT2D eigenvalue weighted by molar-refractivity contribution is -0.114. The van der Waals surface area contributed by atoms with E-state index in [4.69, 9.17) is 14.5 Å². The number of ether oxygens (including phenoxy) is 2. The fourth-order valence-corrected chi connectivity index (χ4v) is 4.82. The van der Waals surface area contributed by atoms with E-state index in [0.717, 1.165) is 18.5 Å². The first-order valence-electron chi connectivity index (χ1n) is 10.9. The zero-order valence-corrected chi connectivity index (χ0v) is 18.9. The molecule has 1 aromatic heterocycles. The molecule has 0 radical (unpaired) electrons. The van der Waals surface area contributed by atoms with Crippen molar-refractivity contribution in [3.05, 3.63) is 28.8 Å². The van der Waals surface area contributed by atoms with Gasteiger partial charge in [-0.15, -0.1) is 11.3 Å². The summed E-state index contributed by atoms with van der Waals surface area (Å²) in [6.07, 6.45) is 12.4. The molecule has 7 heteroatoms. The third kappa shape index (κ3) is 6.62. The summed E-state index contributed by atoms with van der Waals surface area (Å²) in [6.45, 7) is 0.133. The van der Waals surface area contributed by atoms with Crippen molar-refractivity contribution in [3.8, 4) is 11.5 Å². The van der Waals surface area contributed by atoms with Crippen LogP contribution in [0.4, 0.5) is 10.8 Å². The number of rotatable bonds is 6. The number of hydrogen-bond donors (Lipinski definition) is 2. The highest BCUT2D eigenvalue weighted by Gasteiger charge is 2.14. The van der Waals surface area contributed by atoms with Gasteiger partial charge < -0.3 is 20.1 Å². The Hall–Kier alpha value is -2.28. The van der Waals surface area contributed by atoms with E-state index in [1.54, 1.807) is 25.6 Å². The van der Waals surface area contributed by atoms with Crippen molar-refractivity contribution in [2.24, 2.45) is 0 Å². The fourth-order valence-electron chi connectivity index (χ4n) is 3.76. The highest BCUT2D eigenvalue weighted by atomic mass is 32.1. The average Bonchev–Trinajstić information content (AvgIpc) is 3.12. The van der Waals surface area contributed by atoms with Gasteiger partial charge in [0, 0.05) is 10.9 Å². The van der Waals surface area contributed by atoms with Gasteiger partial charge >= 0.3 is 0 Å². The number of carbonyl (C=O) groups excluding carboxylic acids is 1. The molecule has 0 spiro atoms. The summed E-state index contributed by atoms with van der Waals surface area (Å²) >= 11 is 1.63. The molecule has 0 atom stereocenters. The van der Waals surface area contributed by atoms with Crippen LogP contribution in [0.1, 0.15) is 61.9 Å². The summed E-state index contributed by atoms with van der Waals surface area (Å²) in [5.74, 6) is 1.25. The van der Waals surface area contributed by atoms with Crippen LogP contribution in [0.15, 0.2) is 18.2 Å². The predicted molar refractivity (Wildman–Crippen MR) is 123 cm³/mol. The first-order chi connectivity index (χ1) is 14.7. The Morgan fingerprint density at radius 1 is 1.00 bits per heavy atom. The van der Waals surface area contributed by atoms with Gasteiger partial charge in [-0.3, -0.25) is 4.79 Å². The lowest BCUT2D eigenvalue weighted by atomic mass is 10.0. The number of methoxy groups -OCH3 is 2. The monoisotopic (exact) mass is 431 g/mol. The number of benzene rings is 1. The molecule has 6 nitrogen and oxygen atoms in total. The van der Waals surface area contributed by atoms with Crippen molar-refractivity contribution in [2.45, 2.75) is 64.2 Å². The van der Waals surface area contributed by atoms with Gasteiger partial charge in [0.25, 0.3) is 0 Å². The highest BCUT2D eigenvalue weighted by molar-refractivity contribution is 7.15. The van der Waals surface area contributed by atoms with E-state index < -0.39 is 0 Å². The smallest absolute Gasteiger partial charge is 0.245 e. The number of amides is 1. The van der Waals surface area contributed by atoms with Crippen LogP contribution in [0.5, 0.6) is 11.5 Å². The van der Waals surface area contributed by atoms with Crippen LogP contribution in [-0.2, 0) is 17.6 Å². The SMILES string of the molecule is COc1ccc(OC)c(NCC(=O)Nc2nc3c(s2)CCCCCCCCCC3)c1. The normalized spacial score (nSPS) is 15.3. The molecular weight excluding hydrogens is 398 g/mol. The van der Waals surface area contributed by atoms with Gasteiger partial charge in [0.2, 0.25) is 5.91 Å². The van der Waals surface area contributed by atoms with Gasteiger partial charge in [-0.1, -0.05) is 38.5 Å². The Morgan fingerprint density at radius 3 is 2.40 bits per heavy atom. The van der Waals surface area contributed by atoms with Crippen molar-refractivity contribution in [1.29, 1.82) is 0 Å². The minimum atomic E-state index is -0.121. The number of thiazole rings is 1. The van der Waals surface area contributed by atoms with Crippen molar-refractivity contribution in [3.63, 3.8) is 0 Å². The minimum absolute atomic E-state index is 0.121. The van der Waals surface area contributed by atoms with Gasteiger partial charge in [-0.05, 0) is 37.8 Å². The number of aromatic nitrogens is 1. The van der Waals surface area contributed by atoms with E-state index >= 15 is 0 Å². The molecule has 1 amide bonds. The Bertz CT molecular complexity index is 793. The molecule has 30 heavy (non-hydrogen) atoms. The van der Waals surface area contributed by atoms with Crippen LogP contribution in [0.25, 0.3) is 0 Å². The van der Waals surface area contributed by atoms with Crippen molar-refractivity contribution in [1.82, 2.24) is 4.98 Å². The van der Waals surface area contributed by atoms with Crippen LogP contribution in [0.2, 0.25) is 0 Å². The van der Waals surface area contributed by atoms with Crippen LogP contribution in [0, 0.1) is 0 Å². The summed E-state index contributed by atoms with van der Waals surface area (Å²) < 4.78 is 10.6. The zero-order valence-electron chi connectivity index (χ0n) is 18.1. The summed E-state index contributed by atoms with van der Waals surface area (Å²) in [5.41, 5.74) is 1.90. The van der Waals surface area contributed by atoms with E-state index in [1.807, 2.05) is 18.2 Å². The molecule has 1 aliphatic rings. The molecular formula is C23H33N3O3S. The Balaban J connectivity index is 1.59. The third-order valence-electron chi connectivity index (χ3n) is 5.44. The van der Waals surface area contributed by atoms with E-state index in [1.165, 1.54) is 61.9 Å². The maximum atomic E-state index is 12.5. The molecule has 0 aliphatic heterocycles. The Morgan fingerprint density at radius 2 is 1.70 bits per heavy atom. The number of carbonyl (C=O) groups is 1. The minimum Gasteiger partial charge on any atom is -0.497 e. The van der Waals surface area contributed by atoms with Crippen LogP contribution >= 0.6 is 11.3 Å². The van der Waals surface area contributed by atoms with Crippen LogP contribution < -0.4 is 20.1 Å². The lowest BCUT2D eigenvalue weighted by Crippen LogP contribution is -2.22. The summed E-state index contributed by atoms with van der Waals surface area (Å²) in [4.78, 5) is 18.6. The predicted octanol–water partition coefficient (Wildman–Crippen LogP) is 5.43. The van der Waals surface area contributed by atoms with Gasteiger partial charge in [-0.25, -0.2) is 4.98 Å². The first kappa shape index (κ1) is 22.4. The van der Waals surface area contributed by atoms with Gasteiger partial charge in [0.15, 0.2) is 5.13 Å². The second-order valence-corrected chi connectivity index (χ2v) is 8.77. The van der Waals surface area contributed by atoms with E-state index in [-0.39, 0.29) is 12.5 Å². The molecule has 3 rings (SSSR count). The zero-order chi connectivity index (χ0) is 21.2. The maximum Gasteiger partial charge on any atom is 0.245 e. The molecule has 0 fully saturated rings. The summed E-state index contributed by atoms with van der Waals surface area (Å²) in [7, 11) is 3.22. The quantitative estimate of drug-likeness (QED) is 0.638. The second-order valence-electron chi connectivity index (χ2n) is 7.69. The molecule has 2 N–H and O–H groups in total. The van der Waals surface area contributed by atoms with Crippen molar-refractivity contribution in [2.75, 3.05) is 31.4 Å². The van der Waals surface area contributed by atoms with Gasteiger partial charge in [0.1, 0.15) is 11.5 Å². The van der Waals surface area contributed by atoms with Gasteiger partial charge in [-0.2, -0.15) is 0 Å². The topological polar surface area (TPSA) is 72.5 Å². The summed E-state index contributed by atoms with van der Waals surface area (Å²) in [6, 6.07) is 5.46. The molecule has 0 unspecified atom stereocenters. The number of anilines is 2. The molecule has 0 saturated carbocycles. The number of nitrogens with one attached hydrogen (secondary N) is 2. The Labute approximate surface area is 183 Å². The van der Waals surface area contributed by atoms with E-state index in [9.17, 15) is 4.79 Å². The lowest BCUT2D eigenvalue weighted by Gasteiger charge is -2.12. The standard InChI is InChI=1S/C23H33N3O3S/c1-28-17-13-14-20(29-2)19(15-17)24-16-22(27)26-23-25-18-11-9-7-5-3-4-6-8-10-12-21(18)30-23/h13-15,24H,3-12,16H2,1-2H3,(H,25,26,27). The number of nitrogens with zero attached hydrogens (tertiary/aromatic N) is 1. The van der Waals surface area contributed by atoms with Crippen LogP contribution in [-0.4, -0.2) is 31.7 Å². The molecule has 1 heterocycles. The molecule has 164 valence electrons. The molecule has 1 aromatic carbocycles. The summed E-state index contributed by atoms with van der Waals surface area (Å²) in [5, 5.41) is 6.80. The first-order valence-corrected chi connectivity index (χ1v) is 11.8. The molecule has 2 aromatic rings. The van der Waals surface area contributed by atoms with E-state index in [0.29, 0.717) is 16.6 Å². The third-order valence-corrected chi connectivity index (χ3v) is 6.51. The average molecular weight is 432 g/mol. The second kappa shape index (κ2) is 11.8. The van der Waals surface area contributed by atoms with Crippen molar-refractivity contribution < 1.29 is 14.3 Å². The Kier molecular flexibility index (Phi) is 8.81. The number of fused-ring (bicyclic) bond motifs is 1. The molecule has 0 saturated heterocycles. The van der Waals surface area contributed by atoms with E-state index in [2.05, 4.69) is 10.6 Å². The number of aryl methyl sites for hydroxylation is 2. The molecule has 1 aliphatic carbocycles. The van der Waals surface area contributed by atoms with Gasteiger partial charge in [0.05, 0.1) is 32.1 Å². The maximum absolute atomic E-state index is 12.5.